The highest BCUT2D eigenvalue weighted by atomic mass is 16.7. The van der Waals surface area contributed by atoms with Crippen LogP contribution < -0.4 is 0 Å². The van der Waals surface area contributed by atoms with Gasteiger partial charge in [0, 0.05) is 0 Å². The Bertz CT molecular complexity index is 777. The molecule has 2 heterocycles. The first-order valence-corrected chi connectivity index (χ1v) is 11.8. The van der Waals surface area contributed by atoms with Crippen molar-refractivity contribution in [1.29, 1.82) is 0 Å². The molecule has 9 nitrogen and oxygen atoms in total. The third-order valence-corrected chi connectivity index (χ3v) is 5.35. The molecule has 35 heavy (non-hydrogen) atoms. The predicted octanol–water partition coefficient (Wildman–Crippen LogP) is 3.97. The van der Waals surface area contributed by atoms with Crippen LogP contribution in [0.2, 0.25) is 0 Å². The van der Waals surface area contributed by atoms with Crippen molar-refractivity contribution in [3.63, 3.8) is 0 Å². The van der Waals surface area contributed by atoms with E-state index in [1.807, 2.05) is 34.6 Å². The van der Waals surface area contributed by atoms with Crippen molar-refractivity contribution >= 4 is 17.7 Å². The Balaban J connectivity index is 0.000000351. The van der Waals surface area contributed by atoms with E-state index >= 15 is 0 Å². The zero-order valence-corrected chi connectivity index (χ0v) is 23.3. The second kappa shape index (κ2) is 10.7. The summed E-state index contributed by atoms with van der Waals surface area (Å²) in [5, 5.41) is 0. The molecule has 0 spiro atoms. The van der Waals surface area contributed by atoms with Gasteiger partial charge in [0.15, 0.2) is 22.8 Å². The number of carbonyl (C=O) groups excluding carboxylic acids is 3. The van der Waals surface area contributed by atoms with E-state index in [0.29, 0.717) is 0 Å². The van der Waals surface area contributed by atoms with Crippen molar-refractivity contribution in [3.8, 4) is 0 Å². The molecule has 0 radical (unpaired) electrons. The van der Waals surface area contributed by atoms with Crippen molar-refractivity contribution in [2.45, 2.75) is 98.9 Å². The molecule has 0 unspecified atom stereocenters. The Labute approximate surface area is 209 Å². The summed E-state index contributed by atoms with van der Waals surface area (Å²) >= 11 is 0. The Morgan fingerprint density at radius 2 is 1.06 bits per heavy atom. The summed E-state index contributed by atoms with van der Waals surface area (Å²) in [5.74, 6) is -2.67. The number of hydrogen-bond acceptors (Lipinski definition) is 9. The Morgan fingerprint density at radius 1 is 0.714 bits per heavy atom. The van der Waals surface area contributed by atoms with Crippen molar-refractivity contribution < 1.29 is 42.8 Å². The van der Waals surface area contributed by atoms with Crippen LogP contribution in [0.15, 0.2) is 12.7 Å². The molecule has 0 saturated carbocycles. The van der Waals surface area contributed by atoms with Gasteiger partial charge in [-0.25, -0.2) is 0 Å². The molecule has 0 N–H and O–H groups in total. The van der Waals surface area contributed by atoms with E-state index in [-0.39, 0.29) is 38.2 Å². The molecule has 0 aliphatic carbocycles. The Kier molecular flexibility index (Phi) is 9.51. The molecule has 2 aliphatic heterocycles. The van der Waals surface area contributed by atoms with E-state index in [4.69, 9.17) is 28.4 Å². The minimum absolute atomic E-state index is 0.00968. The molecule has 2 rings (SSSR count). The Hall–Kier alpha value is -1.81. The zero-order valence-electron chi connectivity index (χ0n) is 23.3. The maximum absolute atomic E-state index is 12.2. The number of carbonyl (C=O) groups is 3. The molecule has 0 amide bonds. The second-order valence-electron chi connectivity index (χ2n) is 12.0. The van der Waals surface area contributed by atoms with Gasteiger partial charge in [0.1, 0.15) is 16.6 Å². The number of rotatable bonds is 4. The standard InChI is InChI=1S/C13H22O5.C13H22O4/c1-9(14)13(10(15)18-11(2,3)4)7-16-12(5,6)17-8-13;1-7-13(10(14)17-11(2,3)4)8-15-12(5,6)16-9-13/h7-8H2,1-6H3;7H,1,8-9H2,2-6H3. The van der Waals surface area contributed by atoms with Crippen LogP contribution in [0.25, 0.3) is 0 Å². The molecule has 0 aromatic carbocycles. The predicted molar refractivity (Wildman–Crippen MR) is 129 cm³/mol. The topological polar surface area (TPSA) is 107 Å². The molecular weight excluding hydrogens is 456 g/mol. The molecule has 0 atom stereocenters. The van der Waals surface area contributed by atoms with Gasteiger partial charge in [-0.1, -0.05) is 6.08 Å². The maximum Gasteiger partial charge on any atom is 0.324 e. The van der Waals surface area contributed by atoms with E-state index in [9.17, 15) is 14.4 Å². The molecule has 0 aromatic rings. The lowest BCUT2D eigenvalue weighted by Gasteiger charge is -2.41. The minimum atomic E-state index is -1.34. The monoisotopic (exact) mass is 500 g/mol. The normalized spacial score (nSPS) is 22.6. The number of ketones is 1. The summed E-state index contributed by atoms with van der Waals surface area (Å²) in [6.07, 6.45) is 1.55. The van der Waals surface area contributed by atoms with Gasteiger partial charge in [0.25, 0.3) is 0 Å². The van der Waals surface area contributed by atoms with Gasteiger partial charge in [-0.15, -0.1) is 6.58 Å². The smallest absolute Gasteiger partial charge is 0.324 e. The largest absolute Gasteiger partial charge is 0.459 e. The van der Waals surface area contributed by atoms with Gasteiger partial charge in [0.05, 0.1) is 26.4 Å². The molecule has 0 bridgehead atoms. The van der Waals surface area contributed by atoms with Crippen LogP contribution in [0.1, 0.15) is 76.2 Å². The van der Waals surface area contributed by atoms with Crippen LogP contribution in [-0.4, -0.2) is 66.9 Å². The van der Waals surface area contributed by atoms with E-state index in [1.165, 1.54) is 6.92 Å². The highest BCUT2D eigenvalue weighted by Gasteiger charge is 2.52. The number of hydrogen-bond donors (Lipinski definition) is 0. The average molecular weight is 501 g/mol. The SMILES string of the molecule is C=CC1(C(=O)OC(C)(C)C)COC(C)(C)OC1.CC(=O)C1(C(=O)OC(C)(C)C)COC(C)(C)OC1. The quantitative estimate of drug-likeness (QED) is 0.322. The summed E-state index contributed by atoms with van der Waals surface area (Å²) in [5.41, 5.74) is -3.42. The van der Waals surface area contributed by atoms with E-state index in [2.05, 4.69) is 6.58 Å². The third-order valence-electron chi connectivity index (χ3n) is 5.35. The first-order chi connectivity index (χ1) is 15.6. The van der Waals surface area contributed by atoms with Crippen LogP contribution in [-0.2, 0) is 42.8 Å². The van der Waals surface area contributed by atoms with Crippen LogP contribution in [0.4, 0.5) is 0 Å². The first kappa shape index (κ1) is 31.2. The Morgan fingerprint density at radius 3 is 1.37 bits per heavy atom. The van der Waals surface area contributed by atoms with Crippen molar-refractivity contribution in [3.05, 3.63) is 12.7 Å². The molecular formula is C26H44O9. The van der Waals surface area contributed by atoms with E-state index < -0.39 is 39.6 Å². The van der Waals surface area contributed by atoms with Crippen LogP contribution in [0.5, 0.6) is 0 Å². The second-order valence-corrected chi connectivity index (χ2v) is 12.0. The van der Waals surface area contributed by atoms with E-state index in [1.54, 1.807) is 40.7 Å². The van der Waals surface area contributed by atoms with Gasteiger partial charge in [0.2, 0.25) is 0 Å². The molecule has 2 saturated heterocycles. The molecule has 9 heteroatoms. The minimum Gasteiger partial charge on any atom is -0.459 e. The van der Waals surface area contributed by atoms with Crippen molar-refractivity contribution in [2.24, 2.45) is 10.8 Å². The molecule has 0 aromatic heterocycles. The molecule has 2 aliphatic rings. The van der Waals surface area contributed by atoms with E-state index in [0.717, 1.165) is 0 Å². The van der Waals surface area contributed by atoms with Gasteiger partial charge >= 0.3 is 11.9 Å². The summed E-state index contributed by atoms with van der Waals surface area (Å²) < 4.78 is 32.6. The summed E-state index contributed by atoms with van der Waals surface area (Å²) in [6, 6.07) is 0. The number of ether oxygens (including phenoxy) is 6. The van der Waals surface area contributed by atoms with Gasteiger partial charge in [-0.2, -0.15) is 0 Å². The van der Waals surface area contributed by atoms with Crippen LogP contribution >= 0.6 is 0 Å². The summed E-state index contributed by atoms with van der Waals surface area (Å²) in [6.45, 7) is 23.4. The third kappa shape index (κ3) is 8.97. The fourth-order valence-electron chi connectivity index (χ4n) is 2.91. The van der Waals surface area contributed by atoms with Crippen LogP contribution in [0.3, 0.4) is 0 Å². The average Bonchev–Trinajstić information content (AvgIpc) is 2.66. The lowest BCUT2D eigenvalue weighted by Crippen LogP contribution is -2.55. The van der Waals surface area contributed by atoms with Gasteiger partial charge < -0.3 is 28.4 Å². The highest BCUT2D eigenvalue weighted by molar-refractivity contribution is 6.03. The van der Waals surface area contributed by atoms with Crippen LogP contribution in [0, 0.1) is 10.8 Å². The lowest BCUT2D eigenvalue weighted by molar-refractivity contribution is -0.280. The highest BCUT2D eigenvalue weighted by Crippen LogP contribution is 2.34. The summed E-state index contributed by atoms with van der Waals surface area (Å²) in [4.78, 5) is 36.1. The summed E-state index contributed by atoms with van der Waals surface area (Å²) in [7, 11) is 0. The van der Waals surface area contributed by atoms with Crippen molar-refractivity contribution in [2.75, 3.05) is 26.4 Å². The first-order valence-electron chi connectivity index (χ1n) is 11.8. The number of Topliss-reactive ketones (excluding diaryl/α,β-unsaturated/α-hetero) is 1. The fraction of sp³-hybridized carbons (Fsp3) is 0.808. The molecule has 2 fully saturated rings. The maximum atomic E-state index is 12.2. The number of esters is 2. The zero-order chi connectivity index (χ0) is 27.5. The van der Waals surface area contributed by atoms with Gasteiger partial charge in [-0.05, 0) is 76.2 Å². The lowest BCUT2D eigenvalue weighted by atomic mass is 9.84. The fourth-order valence-corrected chi connectivity index (χ4v) is 2.91. The molecule has 202 valence electrons. The van der Waals surface area contributed by atoms with Crippen molar-refractivity contribution in [1.82, 2.24) is 0 Å². The van der Waals surface area contributed by atoms with Gasteiger partial charge in [-0.3, -0.25) is 14.4 Å².